The van der Waals surface area contributed by atoms with E-state index in [1.165, 1.54) is 16.6 Å². The molecule has 1 fully saturated rings. The Hall–Kier alpha value is -3.54. The van der Waals surface area contributed by atoms with E-state index in [4.69, 9.17) is 11.6 Å². The average Bonchev–Trinajstić information content (AvgIpc) is 3.30. The third-order valence-corrected chi connectivity index (χ3v) is 10.7. The van der Waals surface area contributed by atoms with Crippen molar-refractivity contribution in [1.82, 2.24) is 23.9 Å². The van der Waals surface area contributed by atoms with Gasteiger partial charge in [0, 0.05) is 44.0 Å². The van der Waals surface area contributed by atoms with Crippen LogP contribution in [0.2, 0.25) is 5.02 Å². The Kier molecular flexibility index (Phi) is 8.52. The second kappa shape index (κ2) is 11.9. The van der Waals surface area contributed by atoms with Crippen LogP contribution in [-0.2, 0) is 21.4 Å². The van der Waals surface area contributed by atoms with E-state index in [1.54, 1.807) is 0 Å². The number of halogens is 1. The van der Waals surface area contributed by atoms with E-state index in [0.29, 0.717) is 18.0 Å². The van der Waals surface area contributed by atoms with Crippen molar-refractivity contribution in [3.8, 4) is 0 Å². The Labute approximate surface area is 257 Å². The van der Waals surface area contributed by atoms with E-state index in [1.807, 2.05) is 55.6 Å². The molecule has 1 unspecified atom stereocenters. The van der Waals surface area contributed by atoms with Gasteiger partial charge in [0.05, 0.1) is 11.4 Å². The third-order valence-electron chi connectivity index (χ3n) is 8.65. The highest BCUT2D eigenvalue weighted by Gasteiger charge is 2.39. The first-order valence-electron chi connectivity index (χ1n) is 14.1. The Balaban J connectivity index is 0.00000368. The number of hydrogen-bond donors (Lipinski definition) is 1. The van der Waals surface area contributed by atoms with Gasteiger partial charge in [-0.15, -0.1) is 10.2 Å². The lowest BCUT2D eigenvalue weighted by molar-refractivity contribution is -0.137. The van der Waals surface area contributed by atoms with Crippen molar-refractivity contribution in [3.63, 3.8) is 0 Å². The summed E-state index contributed by atoms with van der Waals surface area (Å²) in [6.07, 6.45) is 6.13. The fourth-order valence-electron chi connectivity index (χ4n) is 6.35. The lowest BCUT2D eigenvalue weighted by Gasteiger charge is -2.36. The highest BCUT2D eigenvalue weighted by molar-refractivity contribution is 7.89. The predicted molar refractivity (Wildman–Crippen MR) is 166 cm³/mol. The smallest absolute Gasteiger partial charge is 0.304 e. The number of nitrogens with zero attached hydrogens (tertiary/aromatic N) is 6. The third kappa shape index (κ3) is 5.61. The molecule has 0 spiro atoms. The molecule has 0 amide bonds. The van der Waals surface area contributed by atoms with Crippen LogP contribution < -0.4 is 4.90 Å². The number of aliphatic carboxylic acids is 1. The molecule has 2 atom stereocenters. The van der Waals surface area contributed by atoms with Gasteiger partial charge in [0.15, 0.2) is 5.65 Å². The first-order valence-corrected chi connectivity index (χ1v) is 15.9. The van der Waals surface area contributed by atoms with Crippen LogP contribution in [-0.4, -0.2) is 62.5 Å². The standard InChI is InChI=1S/C30H33ClN6O4S.CH4/c1-18-7-8-21(26(14-28(38)39)25-9-11-36-20(3)33-34-29(36)19(25)2)12-22(18)16-35-17-24-6-4-5-10-37(24)30-27(42(35,40)41)13-23(31)15-32-30;/h7-9,11-13,15,24,26H,4-6,10,14,16-17H2,1-3H3,(H,38,39);1H4/t24?,26-;/m0./s1. The molecule has 1 N–H and O–H groups in total. The average molecular weight is 625 g/mol. The summed E-state index contributed by atoms with van der Waals surface area (Å²) >= 11 is 6.25. The van der Waals surface area contributed by atoms with Crippen LogP contribution in [0.3, 0.4) is 0 Å². The first-order chi connectivity index (χ1) is 20.0. The molecule has 2 aliphatic heterocycles. The van der Waals surface area contributed by atoms with Gasteiger partial charge >= 0.3 is 5.97 Å². The van der Waals surface area contributed by atoms with Crippen LogP contribution in [0.25, 0.3) is 5.65 Å². The summed E-state index contributed by atoms with van der Waals surface area (Å²) in [6, 6.07) is 9.27. The van der Waals surface area contributed by atoms with Crippen molar-refractivity contribution >= 4 is 39.1 Å². The van der Waals surface area contributed by atoms with Gasteiger partial charge in [-0.2, -0.15) is 4.31 Å². The molecule has 6 rings (SSSR count). The number of carboxylic acids is 1. The highest BCUT2D eigenvalue weighted by atomic mass is 35.5. The molecule has 0 bridgehead atoms. The number of carbonyl (C=O) groups is 1. The maximum absolute atomic E-state index is 14.1. The molecule has 1 aromatic carbocycles. The highest BCUT2D eigenvalue weighted by Crippen LogP contribution is 2.38. The first kappa shape index (κ1) is 30.9. The normalized spacial score (nSPS) is 18.8. The Morgan fingerprint density at radius 1 is 1.14 bits per heavy atom. The SMILES string of the molecule is C.Cc1ccc([C@H](CC(=O)O)c2ccn3c(C)nnc3c2C)cc1CN1CC2CCCCN2c2ncc(Cl)cc2S1(=O)=O. The quantitative estimate of drug-likeness (QED) is 0.298. The van der Waals surface area contributed by atoms with Crippen LogP contribution >= 0.6 is 11.6 Å². The molecular weight excluding hydrogens is 588 g/mol. The Morgan fingerprint density at radius 3 is 2.70 bits per heavy atom. The Morgan fingerprint density at radius 2 is 1.93 bits per heavy atom. The molecule has 0 saturated carbocycles. The van der Waals surface area contributed by atoms with Crippen LogP contribution in [0.5, 0.6) is 0 Å². The van der Waals surface area contributed by atoms with Crippen molar-refractivity contribution < 1.29 is 18.3 Å². The van der Waals surface area contributed by atoms with E-state index in [0.717, 1.165) is 59.4 Å². The number of piperidine rings is 1. The van der Waals surface area contributed by atoms with Crippen molar-refractivity contribution in [2.75, 3.05) is 18.0 Å². The number of carboxylic acid groups (broad SMARTS) is 1. The lowest BCUT2D eigenvalue weighted by atomic mass is 9.85. The molecule has 5 heterocycles. The molecule has 3 aromatic heterocycles. The van der Waals surface area contributed by atoms with Gasteiger partial charge in [0.2, 0.25) is 10.0 Å². The van der Waals surface area contributed by atoms with Crippen molar-refractivity contribution in [2.45, 2.75) is 77.3 Å². The number of pyridine rings is 2. The number of aryl methyl sites for hydroxylation is 3. The number of benzene rings is 1. The van der Waals surface area contributed by atoms with Gasteiger partial charge in [-0.1, -0.05) is 37.2 Å². The molecule has 2 aliphatic rings. The summed E-state index contributed by atoms with van der Waals surface area (Å²) in [5.74, 6) is -0.164. The van der Waals surface area contributed by atoms with Crippen LogP contribution in [0, 0.1) is 20.8 Å². The number of fused-ring (bicyclic) bond motifs is 4. The van der Waals surface area contributed by atoms with Crippen LogP contribution in [0.15, 0.2) is 47.6 Å². The zero-order valence-electron chi connectivity index (χ0n) is 23.8. The lowest BCUT2D eigenvalue weighted by Crippen LogP contribution is -2.45. The summed E-state index contributed by atoms with van der Waals surface area (Å²) in [7, 11) is -3.92. The Bertz CT molecular complexity index is 1810. The van der Waals surface area contributed by atoms with Gasteiger partial charge < -0.3 is 10.0 Å². The molecule has 10 nitrogen and oxygen atoms in total. The van der Waals surface area contributed by atoms with Crippen molar-refractivity contribution in [1.29, 1.82) is 0 Å². The summed E-state index contributed by atoms with van der Waals surface area (Å²) in [4.78, 5) is 18.8. The number of anilines is 1. The minimum Gasteiger partial charge on any atom is -0.481 e. The fourth-order valence-corrected chi connectivity index (χ4v) is 8.21. The molecular formula is C31H37ClN6O4S. The fraction of sp³-hybridized carbons (Fsp3) is 0.419. The van der Waals surface area contributed by atoms with E-state index >= 15 is 0 Å². The molecule has 1 saturated heterocycles. The van der Waals surface area contributed by atoms with Gasteiger partial charge in [0.1, 0.15) is 16.5 Å². The van der Waals surface area contributed by atoms with Crippen LogP contribution in [0.1, 0.15) is 72.7 Å². The molecule has 43 heavy (non-hydrogen) atoms. The zero-order chi connectivity index (χ0) is 29.8. The van der Waals surface area contributed by atoms with Crippen molar-refractivity contribution in [3.05, 3.63) is 81.4 Å². The second-order valence-corrected chi connectivity index (χ2v) is 13.6. The summed E-state index contributed by atoms with van der Waals surface area (Å²) < 4.78 is 31.6. The topological polar surface area (TPSA) is 121 Å². The van der Waals surface area contributed by atoms with Crippen molar-refractivity contribution in [2.24, 2.45) is 0 Å². The number of aromatic nitrogens is 4. The van der Waals surface area contributed by atoms with Gasteiger partial charge in [-0.25, -0.2) is 13.4 Å². The van der Waals surface area contributed by atoms with E-state index in [2.05, 4.69) is 20.1 Å². The number of rotatable bonds is 6. The molecule has 12 heteroatoms. The van der Waals surface area contributed by atoms with E-state index in [9.17, 15) is 18.3 Å². The van der Waals surface area contributed by atoms with E-state index in [-0.39, 0.29) is 36.4 Å². The minimum atomic E-state index is -3.92. The maximum atomic E-state index is 14.1. The van der Waals surface area contributed by atoms with Crippen LogP contribution in [0.4, 0.5) is 5.82 Å². The largest absolute Gasteiger partial charge is 0.481 e. The van der Waals surface area contributed by atoms with E-state index < -0.39 is 21.9 Å². The van der Waals surface area contributed by atoms with Gasteiger partial charge in [0.25, 0.3) is 0 Å². The molecule has 4 aromatic rings. The zero-order valence-corrected chi connectivity index (χ0v) is 25.4. The predicted octanol–water partition coefficient (Wildman–Crippen LogP) is 5.51. The summed E-state index contributed by atoms with van der Waals surface area (Å²) in [6.45, 7) is 6.98. The van der Waals surface area contributed by atoms with Gasteiger partial charge in [-0.3, -0.25) is 9.20 Å². The molecule has 228 valence electrons. The molecule has 0 aliphatic carbocycles. The number of sulfonamides is 1. The molecule has 0 radical (unpaired) electrons. The minimum absolute atomic E-state index is 0. The summed E-state index contributed by atoms with van der Waals surface area (Å²) in [5.41, 5.74) is 4.95. The maximum Gasteiger partial charge on any atom is 0.304 e. The number of hydrogen-bond acceptors (Lipinski definition) is 7. The second-order valence-electron chi connectivity index (χ2n) is 11.3. The van der Waals surface area contributed by atoms with Gasteiger partial charge in [-0.05, 0) is 80.0 Å². The summed E-state index contributed by atoms with van der Waals surface area (Å²) in [5, 5.41) is 18.6. The monoisotopic (exact) mass is 624 g/mol.